The highest BCUT2D eigenvalue weighted by Gasteiger charge is 2.34. The third kappa shape index (κ3) is 3.69. The Morgan fingerprint density at radius 3 is 2.28 bits per heavy atom. The number of benzene rings is 2. The van der Waals surface area contributed by atoms with Gasteiger partial charge in [-0.05, 0) is 17.7 Å². The fraction of sp³-hybridized carbons (Fsp3) is 0.0588. The van der Waals surface area contributed by atoms with Gasteiger partial charge in [0.05, 0.1) is 0 Å². The van der Waals surface area contributed by atoms with Crippen LogP contribution in [0.1, 0.15) is 16.1 Å². The highest BCUT2D eigenvalue weighted by atomic mass is 32.1. The van der Waals surface area contributed by atoms with Crippen molar-refractivity contribution < 1.29 is 22.4 Å². The maximum Gasteiger partial charge on any atom is 0.434 e. The first-order valence-electron chi connectivity index (χ1n) is 7.04. The molecule has 128 valence electrons. The van der Waals surface area contributed by atoms with Crippen molar-refractivity contribution in [2.24, 2.45) is 0 Å². The summed E-state index contributed by atoms with van der Waals surface area (Å²) in [5.41, 5.74) is -0.374. The first kappa shape index (κ1) is 17.1. The van der Waals surface area contributed by atoms with E-state index in [4.69, 9.17) is 0 Å². The highest BCUT2D eigenvalue weighted by molar-refractivity contribution is 7.14. The van der Waals surface area contributed by atoms with Crippen LogP contribution in [0.5, 0.6) is 0 Å². The number of hydrogen-bond acceptors (Lipinski definition) is 3. The van der Waals surface area contributed by atoms with E-state index in [0.717, 1.165) is 5.38 Å². The van der Waals surface area contributed by atoms with Gasteiger partial charge in [-0.2, -0.15) is 13.2 Å². The number of halogens is 4. The van der Waals surface area contributed by atoms with Crippen LogP contribution < -0.4 is 5.32 Å². The summed E-state index contributed by atoms with van der Waals surface area (Å²) >= 11 is 0.667. The molecule has 2 aromatic carbocycles. The zero-order valence-corrected chi connectivity index (χ0v) is 13.3. The van der Waals surface area contributed by atoms with Gasteiger partial charge in [-0.1, -0.05) is 36.4 Å². The highest BCUT2D eigenvalue weighted by Crippen LogP contribution is 2.32. The van der Waals surface area contributed by atoms with Gasteiger partial charge in [-0.25, -0.2) is 9.37 Å². The molecule has 0 aliphatic carbocycles. The van der Waals surface area contributed by atoms with Gasteiger partial charge in [0.2, 0.25) is 0 Å². The van der Waals surface area contributed by atoms with Crippen LogP contribution in [-0.2, 0) is 6.18 Å². The second kappa shape index (κ2) is 6.64. The number of alkyl halides is 3. The summed E-state index contributed by atoms with van der Waals surface area (Å²) in [4.78, 5) is 15.8. The van der Waals surface area contributed by atoms with Gasteiger partial charge < -0.3 is 0 Å². The van der Waals surface area contributed by atoms with E-state index < -0.39 is 23.6 Å². The maximum atomic E-state index is 14.0. The molecule has 0 spiro atoms. The Balaban J connectivity index is 1.91. The van der Waals surface area contributed by atoms with Gasteiger partial charge in [0.15, 0.2) is 10.8 Å². The number of anilines is 1. The molecule has 0 unspecified atom stereocenters. The maximum absolute atomic E-state index is 14.0. The Labute approximate surface area is 144 Å². The van der Waals surface area contributed by atoms with Crippen molar-refractivity contribution >= 4 is 22.4 Å². The molecular weight excluding hydrogens is 356 g/mol. The summed E-state index contributed by atoms with van der Waals surface area (Å²) in [6, 6.07) is 12.2. The lowest BCUT2D eigenvalue weighted by Gasteiger charge is -2.10. The Kier molecular flexibility index (Phi) is 4.54. The summed E-state index contributed by atoms with van der Waals surface area (Å²) < 4.78 is 51.8. The fourth-order valence-corrected chi connectivity index (χ4v) is 2.93. The Bertz CT molecular complexity index is 921. The molecule has 0 aliphatic rings. The molecule has 1 aromatic heterocycles. The number of amides is 1. The van der Waals surface area contributed by atoms with E-state index in [1.807, 2.05) is 0 Å². The minimum atomic E-state index is -4.58. The largest absolute Gasteiger partial charge is 0.434 e. The summed E-state index contributed by atoms with van der Waals surface area (Å²) in [6.07, 6.45) is -4.58. The van der Waals surface area contributed by atoms with E-state index in [1.165, 1.54) is 24.3 Å². The smallest absolute Gasteiger partial charge is 0.298 e. The Morgan fingerprint density at radius 1 is 1.00 bits per heavy atom. The number of nitrogens with one attached hydrogen (secondary N) is 1. The standard InChI is InChI=1S/C17H10F4N2OS/c18-13-8-4-3-6-11(13)10-5-1-2-7-12(10)15(24)23-16-22-14(9-25-16)17(19,20)21/h1-9H,(H,22,23,24). The molecule has 3 rings (SSSR count). The van der Waals surface area contributed by atoms with Crippen LogP contribution in [0.25, 0.3) is 11.1 Å². The first-order chi connectivity index (χ1) is 11.9. The van der Waals surface area contributed by atoms with Gasteiger partial charge in [-0.15, -0.1) is 11.3 Å². The summed E-state index contributed by atoms with van der Waals surface area (Å²) in [5.74, 6) is -1.17. The predicted octanol–water partition coefficient (Wildman–Crippen LogP) is 5.22. The molecule has 0 bridgehead atoms. The number of hydrogen-bond donors (Lipinski definition) is 1. The molecule has 0 radical (unpaired) electrons. The third-order valence-electron chi connectivity index (χ3n) is 3.35. The van der Waals surface area contributed by atoms with E-state index in [-0.39, 0.29) is 16.3 Å². The lowest BCUT2D eigenvalue weighted by Crippen LogP contribution is -2.14. The molecule has 25 heavy (non-hydrogen) atoms. The lowest BCUT2D eigenvalue weighted by molar-refractivity contribution is -0.140. The number of carbonyl (C=O) groups is 1. The van der Waals surface area contributed by atoms with Crippen molar-refractivity contribution in [1.82, 2.24) is 4.98 Å². The van der Waals surface area contributed by atoms with E-state index >= 15 is 0 Å². The van der Waals surface area contributed by atoms with Crippen LogP contribution >= 0.6 is 11.3 Å². The molecule has 3 nitrogen and oxygen atoms in total. The van der Waals surface area contributed by atoms with Gasteiger partial charge >= 0.3 is 6.18 Å². The normalized spacial score (nSPS) is 11.4. The quantitative estimate of drug-likeness (QED) is 0.646. The van der Waals surface area contributed by atoms with Crippen LogP contribution in [0, 0.1) is 5.82 Å². The van der Waals surface area contributed by atoms with Gasteiger partial charge in [-0.3, -0.25) is 10.1 Å². The van der Waals surface area contributed by atoms with E-state index in [9.17, 15) is 22.4 Å². The van der Waals surface area contributed by atoms with E-state index in [2.05, 4.69) is 10.3 Å². The van der Waals surface area contributed by atoms with Crippen molar-refractivity contribution in [2.45, 2.75) is 6.18 Å². The molecule has 8 heteroatoms. The zero-order chi connectivity index (χ0) is 18.0. The molecule has 0 saturated heterocycles. The van der Waals surface area contributed by atoms with Crippen molar-refractivity contribution in [3.05, 3.63) is 71.0 Å². The molecule has 0 aliphatic heterocycles. The van der Waals surface area contributed by atoms with Crippen LogP contribution in [0.2, 0.25) is 0 Å². The van der Waals surface area contributed by atoms with Crippen molar-refractivity contribution in [3.8, 4) is 11.1 Å². The molecule has 0 atom stereocenters. The monoisotopic (exact) mass is 366 g/mol. The fourth-order valence-electron chi connectivity index (χ4n) is 2.22. The summed E-state index contributed by atoms with van der Waals surface area (Å²) in [7, 11) is 0. The first-order valence-corrected chi connectivity index (χ1v) is 7.92. The number of carbonyl (C=O) groups excluding carboxylic acids is 1. The van der Waals surface area contributed by atoms with Crippen LogP contribution in [0.15, 0.2) is 53.9 Å². The second-order valence-electron chi connectivity index (χ2n) is 5.02. The SMILES string of the molecule is O=C(Nc1nc(C(F)(F)F)cs1)c1ccccc1-c1ccccc1F. The molecule has 1 heterocycles. The number of thiazole rings is 1. The van der Waals surface area contributed by atoms with Gasteiger partial charge in [0.25, 0.3) is 5.91 Å². The van der Waals surface area contributed by atoms with Crippen LogP contribution in [-0.4, -0.2) is 10.9 Å². The van der Waals surface area contributed by atoms with Crippen molar-refractivity contribution in [3.63, 3.8) is 0 Å². The Hall–Kier alpha value is -2.74. The van der Waals surface area contributed by atoms with Crippen LogP contribution in [0.3, 0.4) is 0 Å². The number of nitrogens with zero attached hydrogens (tertiary/aromatic N) is 1. The van der Waals surface area contributed by atoms with E-state index in [0.29, 0.717) is 16.9 Å². The zero-order valence-electron chi connectivity index (χ0n) is 12.5. The minimum Gasteiger partial charge on any atom is -0.298 e. The molecule has 3 aromatic rings. The molecule has 1 N–H and O–H groups in total. The average Bonchev–Trinajstić information content (AvgIpc) is 3.04. The summed E-state index contributed by atoms with van der Waals surface area (Å²) in [6.45, 7) is 0. The molecule has 0 fully saturated rings. The summed E-state index contributed by atoms with van der Waals surface area (Å²) in [5, 5.41) is 2.96. The average molecular weight is 366 g/mol. The molecule has 1 amide bonds. The van der Waals surface area contributed by atoms with Gasteiger partial charge in [0.1, 0.15) is 5.82 Å². The van der Waals surface area contributed by atoms with Crippen LogP contribution in [0.4, 0.5) is 22.7 Å². The number of aromatic nitrogens is 1. The lowest BCUT2D eigenvalue weighted by atomic mass is 9.99. The molecule has 0 saturated carbocycles. The topological polar surface area (TPSA) is 42.0 Å². The molecular formula is C17H10F4N2OS. The minimum absolute atomic E-state index is 0.136. The van der Waals surface area contributed by atoms with Crippen molar-refractivity contribution in [2.75, 3.05) is 5.32 Å². The second-order valence-corrected chi connectivity index (χ2v) is 5.87. The van der Waals surface area contributed by atoms with Crippen molar-refractivity contribution in [1.29, 1.82) is 0 Å². The Morgan fingerprint density at radius 2 is 1.64 bits per heavy atom. The number of rotatable bonds is 3. The third-order valence-corrected chi connectivity index (χ3v) is 4.11. The van der Waals surface area contributed by atoms with E-state index in [1.54, 1.807) is 24.3 Å². The predicted molar refractivity (Wildman–Crippen MR) is 86.9 cm³/mol. The van der Waals surface area contributed by atoms with Gasteiger partial charge in [0, 0.05) is 16.5 Å².